The van der Waals surface area contributed by atoms with E-state index in [1.54, 1.807) is 0 Å². The van der Waals surface area contributed by atoms with Gasteiger partial charge in [-0.1, -0.05) is 38.5 Å². The van der Waals surface area contributed by atoms with Crippen LogP contribution < -0.4 is 9.47 Å². The second-order valence-electron chi connectivity index (χ2n) is 8.93. The van der Waals surface area contributed by atoms with Crippen LogP contribution in [0, 0.1) is 12.8 Å². The molecule has 2 aliphatic rings. The highest BCUT2D eigenvalue weighted by Crippen LogP contribution is 2.63. The van der Waals surface area contributed by atoms with Crippen molar-refractivity contribution in [2.75, 3.05) is 13.2 Å². The van der Waals surface area contributed by atoms with E-state index in [-0.39, 0.29) is 0 Å². The predicted molar refractivity (Wildman–Crippen MR) is 116 cm³/mol. The smallest absolute Gasteiger partial charge is 0.131 e. The van der Waals surface area contributed by atoms with Gasteiger partial charge in [0.1, 0.15) is 24.7 Å². The normalized spacial score (nSPS) is 24.6. The summed E-state index contributed by atoms with van der Waals surface area (Å²) >= 11 is 0. The Kier molecular flexibility index (Phi) is 5.76. The Morgan fingerprint density at radius 2 is 1.41 bits per heavy atom. The highest BCUT2D eigenvalue weighted by molar-refractivity contribution is 5.97. The van der Waals surface area contributed by atoms with E-state index in [1.807, 2.05) is 13.8 Å². The third kappa shape index (κ3) is 3.51. The molecule has 0 spiro atoms. The number of rotatable bonds is 8. The summed E-state index contributed by atoms with van der Waals surface area (Å²) in [4.78, 5) is 0. The minimum Gasteiger partial charge on any atom is -0.490 e. The molecule has 0 heterocycles. The molecule has 1 saturated carbocycles. The number of ether oxygens (including phenoxy) is 2. The lowest BCUT2D eigenvalue weighted by molar-refractivity contribution is 0.102. The first kappa shape index (κ1) is 20.5. The molecular formula is C25H34O4. The Bertz CT molecular complexity index is 890. The van der Waals surface area contributed by atoms with Gasteiger partial charge in [-0.3, -0.25) is 0 Å². The molecule has 158 valence electrons. The van der Waals surface area contributed by atoms with E-state index in [0.717, 1.165) is 22.3 Å². The zero-order valence-electron chi connectivity index (χ0n) is 18.1. The van der Waals surface area contributed by atoms with Gasteiger partial charge in [0.15, 0.2) is 0 Å². The summed E-state index contributed by atoms with van der Waals surface area (Å²) in [6.07, 6.45) is 2.80. The molecule has 4 nitrogen and oxygen atoms in total. The van der Waals surface area contributed by atoms with Crippen molar-refractivity contribution in [2.45, 2.75) is 77.4 Å². The SMILES string of the molecule is CCC(O)COc1c2c(c(OCC(O)CC)c3cc(C)ccc13)C1CCC2C1C. The highest BCUT2D eigenvalue weighted by Gasteiger charge is 2.48. The molecule has 2 aliphatic carbocycles. The molecular weight excluding hydrogens is 364 g/mol. The Morgan fingerprint density at radius 3 is 1.93 bits per heavy atom. The molecule has 2 N–H and O–H groups in total. The summed E-state index contributed by atoms with van der Waals surface area (Å²) in [5.74, 6) is 3.40. The fraction of sp³-hybridized carbons (Fsp3) is 0.600. The molecule has 0 aromatic heterocycles. The molecule has 5 unspecified atom stereocenters. The zero-order chi connectivity index (χ0) is 20.7. The van der Waals surface area contributed by atoms with Crippen molar-refractivity contribution in [3.8, 4) is 11.5 Å². The second kappa shape index (κ2) is 8.16. The van der Waals surface area contributed by atoms with Crippen LogP contribution in [0.15, 0.2) is 18.2 Å². The maximum Gasteiger partial charge on any atom is 0.131 e. The van der Waals surface area contributed by atoms with Crippen LogP contribution in [0.4, 0.5) is 0 Å². The summed E-state index contributed by atoms with van der Waals surface area (Å²) < 4.78 is 12.6. The Morgan fingerprint density at radius 1 is 0.897 bits per heavy atom. The van der Waals surface area contributed by atoms with Crippen molar-refractivity contribution < 1.29 is 19.7 Å². The van der Waals surface area contributed by atoms with Gasteiger partial charge in [0.2, 0.25) is 0 Å². The fourth-order valence-electron chi connectivity index (χ4n) is 5.20. The Balaban J connectivity index is 1.89. The van der Waals surface area contributed by atoms with Crippen LogP contribution in [0.25, 0.3) is 10.8 Å². The van der Waals surface area contributed by atoms with Crippen LogP contribution in [0.2, 0.25) is 0 Å². The number of hydrogen-bond acceptors (Lipinski definition) is 4. The van der Waals surface area contributed by atoms with E-state index in [2.05, 4.69) is 32.0 Å². The van der Waals surface area contributed by atoms with Crippen molar-refractivity contribution in [3.63, 3.8) is 0 Å². The van der Waals surface area contributed by atoms with Crippen LogP contribution in [-0.2, 0) is 0 Å². The highest BCUT2D eigenvalue weighted by atomic mass is 16.5. The molecule has 2 aromatic carbocycles. The summed E-state index contributed by atoms with van der Waals surface area (Å²) in [7, 11) is 0. The third-order valence-corrected chi connectivity index (χ3v) is 7.03. The van der Waals surface area contributed by atoms with E-state index in [1.165, 1.54) is 29.5 Å². The first-order valence-corrected chi connectivity index (χ1v) is 11.2. The molecule has 2 bridgehead atoms. The summed E-state index contributed by atoms with van der Waals surface area (Å²) in [6.45, 7) is 9.00. The van der Waals surface area contributed by atoms with Crippen molar-refractivity contribution in [2.24, 2.45) is 5.92 Å². The molecule has 1 fully saturated rings. The van der Waals surface area contributed by atoms with E-state index in [9.17, 15) is 10.2 Å². The molecule has 4 heteroatoms. The average Bonchev–Trinajstić information content (AvgIpc) is 3.22. The van der Waals surface area contributed by atoms with Crippen LogP contribution >= 0.6 is 0 Å². The van der Waals surface area contributed by atoms with Crippen molar-refractivity contribution in [3.05, 3.63) is 34.9 Å². The lowest BCUT2D eigenvalue weighted by Gasteiger charge is -2.26. The van der Waals surface area contributed by atoms with Crippen LogP contribution in [0.3, 0.4) is 0 Å². The topological polar surface area (TPSA) is 58.9 Å². The Hall–Kier alpha value is -1.78. The van der Waals surface area contributed by atoms with E-state index >= 15 is 0 Å². The first-order valence-electron chi connectivity index (χ1n) is 11.2. The molecule has 0 amide bonds. The summed E-state index contributed by atoms with van der Waals surface area (Å²) in [6, 6.07) is 6.40. The average molecular weight is 399 g/mol. The number of aliphatic hydroxyl groups excluding tert-OH is 2. The van der Waals surface area contributed by atoms with Gasteiger partial charge in [0, 0.05) is 21.9 Å². The van der Waals surface area contributed by atoms with Crippen LogP contribution in [-0.4, -0.2) is 35.6 Å². The summed E-state index contributed by atoms with van der Waals surface area (Å²) in [5.41, 5.74) is 3.75. The summed E-state index contributed by atoms with van der Waals surface area (Å²) in [5, 5.41) is 22.4. The molecule has 29 heavy (non-hydrogen) atoms. The molecule has 0 aliphatic heterocycles. The third-order valence-electron chi connectivity index (χ3n) is 7.03. The molecule has 0 saturated heterocycles. The first-order chi connectivity index (χ1) is 14.0. The minimum absolute atomic E-state index is 0.312. The number of fused-ring (bicyclic) bond motifs is 6. The van der Waals surface area contributed by atoms with Gasteiger partial charge in [-0.25, -0.2) is 0 Å². The second-order valence-corrected chi connectivity index (χ2v) is 8.93. The van der Waals surface area contributed by atoms with E-state index in [0.29, 0.717) is 43.8 Å². The molecule has 5 atom stereocenters. The van der Waals surface area contributed by atoms with Gasteiger partial charge < -0.3 is 19.7 Å². The maximum absolute atomic E-state index is 10.1. The fourth-order valence-corrected chi connectivity index (χ4v) is 5.20. The molecule has 0 radical (unpaired) electrons. The van der Waals surface area contributed by atoms with Crippen molar-refractivity contribution in [1.29, 1.82) is 0 Å². The molecule has 2 aromatic rings. The number of aliphatic hydroxyl groups is 2. The van der Waals surface area contributed by atoms with Crippen molar-refractivity contribution >= 4 is 10.8 Å². The number of hydrogen-bond donors (Lipinski definition) is 2. The predicted octanol–water partition coefficient (Wildman–Crippen LogP) is 5.06. The van der Waals surface area contributed by atoms with Gasteiger partial charge >= 0.3 is 0 Å². The van der Waals surface area contributed by atoms with E-state index in [4.69, 9.17) is 9.47 Å². The maximum atomic E-state index is 10.1. The van der Waals surface area contributed by atoms with Gasteiger partial charge in [-0.15, -0.1) is 0 Å². The van der Waals surface area contributed by atoms with Crippen LogP contribution in [0.5, 0.6) is 11.5 Å². The van der Waals surface area contributed by atoms with Crippen molar-refractivity contribution in [1.82, 2.24) is 0 Å². The lowest BCUT2D eigenvalue weighted by Crippen LogP contribution is -2.19. The van der Waals surface area contributed by atoms with E-state index < -0.39 is 12.2 Å². The van der Waals surface area contributed by atoms with Gasteiger partial charge in [0.05, 0.1) is 12.2 Å². The Labute approximate surface area is 173 Å². The zero-order valence-corrected chi connectivity index (χ0v) is 18.1. The quantitative estimate of drug-likeness (QED) is 0.653. The lowest BCUT2D eigenvalue weighted by atomic mass is 9.86. The monoisotopic (exact) mass is 398 g/mol. The van der Waals surface area contributed by atoms with Crippen LogP contribution in [0.1, 0.15) is 75.0 Å². The number of aryl methyl sites for hydroxylation is 1. The van der Waals surface area contributed by atoms with Gasteiger partial charge in [-0.2, -0.15) is 0 Å². The number of benzene rings is 2. The van der Waals surface area contributed by atoms with Gasteiger partial charge in [-0.05, 0) is 56.4 Å². The largest absolute Gasteiger partial charge is 0.490 e. The molecule has 4 rings (SSSR count). The van der Waals surface area contributed by atoms with Gasteiger partial charge in [0.25, 0.3) is 0 Å². The standard InChI is InChI=1S/C25H34O4/c1-5-16(26)12-28-24-20-8-7-14(3)11-21(20)25(29-13-17(27)6-2)23-19-10-9-18(15(19)4)22(23)24/h7-8,11,15-19,26-27H,5-6,9-10,12-13H2,1-4H3. The minimum atomic E-state index is -0.461.